The quantitative estimate of drug-likeness (QED) is 0.775. The van der Waals surface area contributed by atoms with Gasteiger partial charge in [0.2, 0.25) is 5.91 Å². The van der Waals surface area contributed by atoms with E-state index in [1.807, 2.05) is 0 Å². The first kappa shape index (κ1) is 13.1. The van der Waals surface area contributed by atoms with Crippen molar-refractivity contribution in [3.8, 4) is 0 Å². The van der Waals surface area contributed by atoms with Gasteiger partial charge in [-0.25, -0.2) is 0 Å². The van der Waals surface area contributed by atoms with Crippen LogP contribution in [0.25, 0.3) is 0 Å². The van der Waals surface area contributed by atoms with Crippen molar-refractivity contribution < 1.29 is 14.7 Å². The molecule has 1 heterocycles. The Morgan fingerprint density at radius 2 is 2.12 bits per heavy atom. The number of nitrogens with one attached hydrogen (secondary N) is 1. The van der Waals surface area contributed by atoms with Crippen molar-refractivity contribution in [1.29, 1.82) is 0 Å². The Hall–Kier alpha value is -1.98. The van der Waals surface area contributed by atoms with Gasteiger partial charge < -0.3 is 10.4 Å². The van der Waals surface area contributed by atoms with E-state index in [0.29, 0.717) is 5.69 Å². The number of hydrogen-bond acceptors (Lipinski definition) is 4. The van der Waals surface area contributed by atoms with Gasteiger partial charge in [-0.05, 0) is 12.1 Å². The molecule has 0 radical (unpaired) electrons. The van der Waals surface area contributed by atoms with E-state index in [-0.39, 0.29) is 12.5 Å². The van der Waals surface area contributed by atoms with Crippen LogP contribution < -0.4 is 5.32 Å². The Morgan fingerprint density at radius 1 is 1.41 bits per heavy atom. The number of amides is 1. The molecule has 0 fully saturated rings. The van der Waals surface area contributed by atoms with Crippen LogP contribution in [0.5, 0.6) is 0 Å². The lowest BCUT2D eigenvalue weighted by atomic mass is 9.95. The zero-order chi connectivity index (χ0) is 12.8. The first-order chi connectivity index (χ1) is 8.02. The molecule has 0 aliphatic carbocycles. The molecule has 2 N–H and O–H groups in total. The summed E-state index contributed by atoms with van der Waals surface area (Å²) >= 11 is 0. The van der Waals surface area contributed by atoms with E-state index in [1.54, 1.807) is 25.3 Å². The van der Waals surface area contributed by atoms with Crippen LogP contribution in [-0.4, -0.2) is 27.2 Å². The lowest BCUT2D eigenvalue weighted by Gasteiger charge is -2.15. The van der Waals surface area contributed by atoms with Crippen LogP contribution in [0.3, 0.4) is 0 Å². The minimum Gasteiger partial charge on any atom is -0.481 e. The lowest BCUT2D eigenvalue weighted by Crippen LogP contribution is -2.35. The van der Waals surface area contributed by atoms with Crippen LogP contribution in [0.2, 0.25) is 0 Å². The molecule has 1 amide bonds. The van der Waals surface area contributed by atoms with E-state index >= 15 is 0 Å². The van der Waals surface area contributed by atoms with Gasteiger partial charge in [0, 0.05) is 12.1 Å². The third kappa shape index (κ3) is 3.82. The molecule has 0 saturated carbocycles. The van der Waals surface area contributed by atoms with Crippen LogP contribution >= 0.6 is 0 Å². The third-order valence-corrected chi connectivity index (χ3v) is 2.62. The minimum absolute atomic E-state index is 0.253. The van der Waals surface area contributed by atoms with Crippen molar-refractivity contribution in [3.63, 3.8) is 0 Å². The van der Waals surface area contributed by atoms with Gasteiger partial charge in [0.05, 0.1) is 18.2 Å². The highest BCUT2D eigenvalue weighted by Crippen LogP contribution is 2.11. The molecule has 0 bridgehead atoms. The molecule has 0 aliphatic heterocycles. The highest BCUT2D eigenvalue weighted by Gasteiger charge is 2.25. The number of carboxylic acid groups (broad SMARTS) is 1. The molecular formula is C11H15N3O3. The summed E-state index contributed by atoms with van der Waals surface area (Å²) in [6.45, 7) is 3.35. The molecular weight excluding hydrogens is 222 g/mol. The maximum Gasteiger partial charge on any atom is 0.307 e. The van der Waals surface area contributed by atoms with Crippen molar-refractivity contribution in [1.82, 2.24) is 15.5 Å². The number of nitrogens with zero attached hydrogens (tertiary/aromatic N) is 2. The first-order valence-electron chi connectivity index (χ1n) is 5.29. The maximum absolute atomic E-state index is 11.6. The van der Waals surface area contributed by atoms with Crippen LogP contribution in [0, 0.1) is 11.8 Å². The topological polar surface area (TPSA) is 92.2 Å². The zero-order valence-corrected chi connectivity index (χ0v) is 9.75. The molecule has 1 aromatic rings. The number of rotatable bonds is 5. The van der Waals surface area contributed by atoms with Crippen molar-refractivity contribution in [2.24, 2.45) is 11.8 Å². The molecule has 0 aromatic carbocycles. The first-order valence-corrected chi connectivity index (χ1v) is 5.29. The molecule has 17 heavy (non-hydrogen) atoms. The van der Waals surface area contributed by atoms with Gasteiger partial charge in [0.25, 0.3) is 0 Å². The molecule has 1 rings (SSSR count). The molecule has 6 nitrogen and oxygen atoms in total. The van der Waals surface area contributed by atoms with Gasteiger partial charge in [0.15, 0.2) is 0 Å². The summed E-state index contributed by atoms with van der Waals surface area (Å²) in [5.74, 6) is -2.57. The second-order valence-electron chi connectivity index (χ2n) is 3.85. The third-order valence-electron chi connectivity index (χ3n) is 2.62. The minimum atomic E-state index is -0.979. The summed E-state index contributed by atoms with van der Waals surface area (Å²) in [5, 5.41) is 18.9. The molecule has 0 aliphatic rings. The van der Waals surface area contributed by atoms with E-state index in [2.05, 4.69) is 15.5 Å². The molecule has 6 heteroatoms. The average Bonchev–Trinajstić information content (AvgIpc) is 2.35. The maximum atomic E-state index is 11.6. The number of carbonyl (C=O) groups is 2. The van der Waals surface area contributed by atoms with Gasteiger partial charge in [0.1, 0.15) is 0 Å². The van der Waals surface area contributed by atoms with Crippen molar-refractivity contribution >= 4 is 11.9 Å². The Morgan fingerprint density at radius 3 is 2.65 bits per heavy atom. The van der Waals surface area contributed by atoms with Crippen molar-refractivity contribution in [2.45, 2.75) is 20.4 Å². The molecule has 0 spiro atoms. The Kier molecular flexibility index (Phi) is 4.56. The Bertz CT molecular complexity index is 394. The number of aliphatic carboxylic acids is 1. The lowest BCUT2D eigenvalue weighted by molar-refractivity contribution is -0.146. The second kappa shape index (κ2) is 5.93. The van der Waals surface area contributed by atoms with Crippen LogP contribution in [0.15, 0.2) is 18.3 Å². The SMILES string of the molecule is CC(C(=O)O)C(C)C(=O)NCc1cccnn1. The summed E-state index contributed by atoms with van der Waals surface area (Å²) in [5.41, 5.74) is 0.635. The highest BCUT2D eigenvalue weighted by atomic mass is 16.4. The molecule has 92 valence electrons. The van der Waals surface area contributed by atoms with Crippen LogP contribution in [0.1, 0.15) is 19.5 Å². The fourth-order valence-electron chi connectivity index (χ4n) is 1.21. The molecule has 2 atom stereocenters. The van der Waals surface area contributed by atoms with Crippen molar-refractivity contribution in [2.75, 3.05) is 0 Å². The Labute approximate surface area is 99.1 Å². The fourth-order valence-corrected chi connectivity index (χ4v) is 1.21. The van der Waals surface area contributed by atoms with E-state index in [1.165, 1.54) is 6.92 Å². The number of aromatic nitrogens is 2. The van der Waals surface area contributed by atoms with Gasteiger partial charge in [-0.2, -0.15) is 10.2 Å². The van der Waals surface area contributed by atoms with Crippen LogP contribution in [-0.2, 0) is 16.1 Å². The Balaban J connectivity index is 2.47. The molecule has 1 aromatic heterocycles. The smallest absolute Gasteiger partial charge is 0.307 e. The predicted molar refractivity (Wildman–Crippen MR) is 59.8 cm³/mol. The van der Waals surface area contributed by atoms with Gasteiger partial charge in [-0.1, -0.05) is 13.8 Å². The van der Waals surface area contributed by atoms with E-state index in [0.717, 1.165) is 0 Å². The normalized spacial score (nSPS) is 13.8. The monoisotopic (exact) mass is 237 g/mol. The molecule has 0 saturated heterocycles. The summed E-state index contributed by atoms with van der Waals surface area (Å²) in [6, 6.07) is 3.45. The average molecular weight is 237 g/mol. The van der Waals surface area contributed by atoms with Crippen molar-refractivity contribution in [3.05, 3.63) is 24.0 Å². The fraction of sp³-hybridized carbons (Fsp3) is 0.455. The molecule has 2 unspecified atom stereocenters. The second-order valence-corrected chi connectivity index (χ2v) is 3.85. The van der Waals surface area contributed by atoms with E-state index < -0.39 is 17.8 Å². The van der Waals surface area contributed by atoms with E-state index in [4.69, 9.17) is 5.11 Å². The zero-order valence-electron chi connectivity index (χ0n) is 9.75. The standard InChI is InChI=1S/C11H15N3O3/c1-7(8(2)11(16)17)10(15)12-6-9-4-3-5-13-14-9/h3-5,7-8H,6H2,1-2H3,(H,12,15)(H,16,17). The van der Waals surface area contributed by atoms with Crippen LogP contribution in [0.4, 0.5) is 0 Å². The van der Waals surface area contributed by atoms with Gasteiger partial charge in [-0.3, -0.25) is 9.59 Å². The summed E-state index contributed by atoms with van der Waals surface area (Å²) in [7, 11) is 0. The summed E-state index contributed by atoms with van der Waals surface area (Å²) in [6.07, 6.45) is 1.54. The number of carboxylic acids is 1. The highest BCUT2D eigenvalue weighted by molar-refractivity contribution is 5.84. The number of carbonyl (C=O) groups excluding carboxylic acids is 1. The van der Waals surface area contributed by atoms with E-state index in [9.17, 15) is 9.59 Å². The largest absolute Gasteiger partial charge is 0.481 e. The summed E-state index contributed by atoms with van der Waals surface area (Å²) in [4.78, 5) is 22.4. The van der Waals surface area contributed by atoms with Gasteiger partial charge >= 0.3 is 5.97 Å². The number of hydrogen-bond donors (Lipinski definition) is 2. The van der Waals surface area contributed by atoms with Gasteiger partial charge in [-0.15, -0.1) is 0 Å². The summed E-state index contributed by atoms with van der Waals surface area (Å²) < 4.78 is 0. The predicted octanol–water partition coefficient (Wildman–Crippen LogP) is 0.450.